The number of fused-ring (bicyclic) bond motifs is 1. The molecule has 0 fully saturated rings. The summed E-state index contributed by atoms with van der Waals surface area (Å²) in [6, 6.07) is 13.6. The van der Waals surface area contributed by atoms with E-state index in [1.165, 1.54) is 0 Å². The molecule has 9 heteroatoms. The van der Waals surface area contributed by atoms with Gasteiger partial charge in [0.05, 0.1) is 22.9 Å². The van der Waals surface area contributed by atoms with Gasteiger partial charge < -0.3 is 9.30 Å². The Bertz CT molecular complexity index is 1410. The molecule has 0 bridgehead atoms. The van der Waals surface area contributed by atoms with Crippen LogP contribution in [0.25, 0.3) is 16.6 Å². The third kappa shape index (κ3) is 5.09. The fourth-order valence-electron chi connectivity index (χ4n) is 3.71. The summed E-state index contributed by atoms with van der Waals surface area (Å²) in [5, 5.41) is 3.11. The first-order valence-electron chi connectivity index (χ1n) is 11.0. The van der Waals surface area contributed by atoms with E-state index < -0.39 is 17.4 Å². The number of carbonyl (C=O) groups is 1. The van der Waals surface area contributed by atoms with Gasteiger partial charge in [0.1, 0.15) is 5.60 Å². The normalized spacial score (nSPS) is 11.5. The summed E-state index contributed by atoms with van der Waals surface area (Å²) in [4.78, 5) is 42.7. The Morgan fingerprint density at radius 2 is 1.76 bits per heavy atom. The minimum absolute atomic E-state index is 0.390. The summed E-state index contributed by atoms with van der Waals surface area (Å²) in [5.41, 5.74) is 0.0844. The van der Waals surface area contributed by atoms with Crippen molar-refractivity contribution in [3.05, 3.63) is 88.1 Å². The van der Waals surface area contributed by atoms with Crippen LogP contribution in [-0.4, -0.2) is 30.4 Å². The molecule has 1 amide bonds. The molecule has 0 aliphatic carbocycles. The first-order chi connectivity index (χ1) is 16.2. The molecule has 0 aliphatic rings. The number of para-hydroxylation sites is 1. The Morgan fingerprint density at radius 1 is 1.03 bits per heavy atom. The molecule has 0 aliphatic heterocycles. The van der Waals surface area contributed by atoms with Gasteiger partial charge in [0.15, 0.2) is 0 Å². The highest BCUT2D eigenvalue weighted by atomic mass is 16.6. The number of aryl methyl sites for hydroxylation is 2. The zero-order valence-corrected chi connectivity index (χ0v) is 19.4. The van der Waals surface area contributed by atoms with Crippen molar-refractivity contribution in [1.82, 2.24) is 18.7 Å². The number of nitrogens with one attached hydrogen (secondary N) is 1. The lowest BCUT2D eigenvalue weighted by Crippen LogP contribution is -2.39. The van der Waals surface area contributed by atoms with E-state index in [4.69, 9.17) is 4.74 Å². The fraction of sp³-hybridized carbons (Fsp3) is 0.280. The van der Waals surface area contributed by atoms with Crippen LogP contribution >= 0.6 is 0 Å². The van der Waals surface area contributed by atoms with Crippen LogP contribution in [0.2, 0.25) is 0 Å². The zero-order chi connectivity index (χ0) is 24.3. The van der Waals surface area contributed by atoms with Gasteiger partial charge >= 0.3 is 11.8 Å². The van der Waals surface area contributed by atoms with Crippen LogP contribution in [-0.2, 0) is 17.8 Å². The number of nitrogens with zero attached hydrogens (tertiary/aromatic N) is 4. The molecule has 0 saturated heterocycles. The third-order valence-corrected chi connectivity index (χ3v) is 5.18. The van der Waals surface area contributed by atoms with Crippen molar-refractivity contribution in [2.45, 2.75) is 45.9 Å². The molecule has 0 atom stereocenters. The first-order valence-corrected chi connectivity index (χ1v) is 11.0. The number of amides is 1. The van der Waals surface area contributed by atoms with E-state index in [2.05, 4.69) is 10.3 Å². The van der Waals surface area contributed by atoms with Gasteiger partial charge in [0.2, 0.25) is 0 Å². The fourth-order valence-corrected chi connectivity index (χ4v) is 3.71. The molecule has 0 spiro atoms. The number of benzene rings is 2. The number of hydrogen-bond acceptors (Lipinski definition) is 5. The number of rotatable bonds is 6. The minimum Gasteiger partial charge on any atom is -0.444 e. The summed E-state index contributed by atoms with van der Waals surface area (Å²) in [6.07, 6.45) is 5.42. The van der Waals surface area contributed by atoms with E-state index in [1.54, 1.807) is 80.3 Å². The largest absolute Gasteiger partial charge is 0.444 e. The van der Waals surface area contributed by atoms with E-state index in [0.717, 1.165) is 4.57 Å². The predicted molar refractivity (Wildman–Crippen MR) is 131 cm³/mol. The summed E-state index contributed by atoms with van der Waals surface area (Å²) in [6.45, 7) is 6.48. The van der Waals surface area contributed by atoms with Crippen LogP contribution in [0.5, 0.6) is 0 Å². The molecule has 0 saturated carbocycles. The summed E-state index contributed by atoms with van der Waals surface area (Å²) in [5.74, 6) is 0. The topological polar surface area (TPSA) is 100 Å². The minimum atomic E-state index is -0.620. The molecular weight excluding hydrogens is 434 g/mol. The Kier molecular flexibility index (Phi) is 6.36. The third-order valence-electron chi connectivity index (χ3n) is 5.18. The van der Waals surface area contributed by atoms with Crippen molar-refractivity contribution in [3.63, 3.8) is 0 Å². The lowest BCUT2D eigenvalue weighted by molar-refractivity contribution is 0.0636. The van der Waals surface area contributed by atoms with Crippen LogP contribution in [0, 0.1) is 0 Å². The van der Waals surface area contributed by atoms with Gasteiger partial charge in [-0.05, 0) is 63.6 Å². The predicted octanol–water partition coefficient (Wildman–Crippen LogP) is 3.79. The highest BCUT2D eigenvalue weighted by molar-refractivity contribution is 5.85. The van der Waals surface area contributed by atoms with E-state index >= 15 is 0 Å². The second-order valence-corrected chi connectivity index (χ2v) is 8.92. The van der Waals surface area contributed by atoms with Crippen molar-refractivity contribution in [2.75, 3.05) is 5.32 Å². The molecule has 4 rings (SSSR count). The maximum absolute atomic E-state index is 13.4. The number of anilines is 1. The lowest BCUT2D eigenvalue weighted by atomic mass is 10.2. The Labute approximate surface area is 196 Å². The quantitative estimate of drug-likeness (QED) is 0.471. The number of carbonyl (C=O) groups excluding carboxylic acids is 1. The average molecular weight is 462 g/mol. The summed E-state index contributed by atoms with van der Waals surface area (Å²) in [7, 11) is 0. The van der Waals surface area contributed by atoms with Gasteiger partial charge in [-0.3, -0.25) is 14.7 Å². The zero-order valence-electron chi connectivity index (χ0n) is 19.4. The monoisotopic (exact) mass is 461 g/mol. The average Bonchev–Trinajstić information content (AvgIpc) is 3.29. The van der Waals surface area contributed by atoms with Gasteiger partial charge in [-0.25, -0.2) is 19.1 Å². The SMILES string of the molecule is CC(C)(C)OC(=O)Nc1ccc(-n2c(=O)c3ccccc3n(CCCn3ccnc3)c2=O)cc1. The molecule has 9 nitrogen and oxygen atoms in total. The van der Waals surface area contributed by atoms with Crippen molar-refractivity contribution >= 4 is 22.7 Å². The lowest BCUT2D eigenvalue weighted by Gasteiger charge is -2.19. The Balaban J connectivity index is 1.66. The maximum Gasteiger partial charge on any atom is 0.412 e. The molecule has 176 valence electrons. The summed E-state index contributed by atoms with van der Waals surface area (Å²) < 4.78 is 9.99. The van der Waals surface area contributed by atoms with E-state index in [-0.39, 0.29) is 5.56 Å². The van der Waals surface area contributed by atoms with Crippen LogP contribution < -0.4 is 16.6 Å². The van der Waals surface area contributed by atoms with Gasteiger partial charge in [0.25, 0.3) is 5.56 Å². The molecular formula is C25H27N5O4. The van der Waals surface area contributed by atoms with Crippen LogP contribution in [0.3, 0.4) is 0 Å². The van der Waals surface area contributed by atoms with E-state index in [9.17, 15) is 14.4 Å². The van der Waals surface area contributed by atoms with Crippen molar-refractivity contribution < 1.29 is 9.53 Å². The highest BCUT2D eigenvalue weighted by Gasteiger charge is 2.17. The van der Waals surface area contributed by atoms with Crippen molar-refractivity contribution in [1.29, 1.82) is 0 Å². The first kappa shape index (κ1) is 23.0. The van der Waals surface area contributed by atoms with Crippen LogP contribution in [0.1, 0.15) is 27.2 Å². The van der Waals surface area contributed by atoms with Gasteiger partial charge in [-0.15, -0.1) is 0 Å². The summed E-state index contributed by atoms with van der Waals surface area (Å²) >= 11 is 0. The molecule has 0 unspecified atom stereocenters. The highest BCUT2D eigenvalue weighted by Crippen LogP contribution is 2.15. The molecule has 2 aromatic carbocycles. The van der Waals surface area contributed by atoms with Gasteiger partial charge in [0, 0.05) is 31.2 Å². The van der Waals surface area contributed by atoms with Crippen molar-refractivity contribution in [3.8, 4) is 5.69 Å². The number of aromatic nitrogens is 4. The molecule has 2 heterocycles. The number of hydrogen-bond donors (Lipinski definition) is 1. The Hall–Kier alpha value is -4.14. The molecule has 1 N–H and O–H groups in total. The second kappa shape index (κ2) is 9.38. The van der Waals surface area contributed by atoms with Crippen LogP contribution in [0.4, 0.5) is 10.5 Å². The van der Waals surface area contributed by atoms with Gasteiger partial charge in [-0.1, -0.05) is 12.1 Å². The molecule has 0 radical (unpaired) electrons. The number of ether oxygens (including phenoxy) is 1. The standard InChI is InChI=1S/C25H27N5O4/c1-25(2,3)34-23(32)27-18-9-11-19(12-10-18)30-22(31)20-7-4-5-8-21(20)29(24(30)33)15-6-14-28-16-13-26-17-28/h4-5,7-13,16-17H,6,14-15H2,1-3H3,(H,27,32). The molecule has 4 aromatic rings. The smallest absolute Gasteiger partial charge is 0.412 e. The molecule has 2 aromatic heterocycles. The number of imidazole rings is 1. The van der Waals surface area contributed by atoms with E-state index in [1.807, 2.05) is 16.8 Å². The van der Waals surface area contributed by atoms with Crippen molar-refractivity contribution in [2.24, 2.45) is 0 Å². The van der Waals surface area contributed by atoms with E-state index in [0.29, 0.717) is 41.8 Å². The Morgan fingerprint density at radius 3 is 2.44 bits per heavy atom. The van der Waals surface area contributed by atoms with Gasteiger partial charge in [-0.2, -0.15) is 0 Å². The maximum atomic E-state index is 13.4. The second-order valence-electron chi connectivity index (χ2n) is 8.92. The molecule has 34 heavy (non-hydrogen) atoms. The van der Waals surface area contributed by atoms with Crippen LogP contribution in [0.15, 0.2) is 76.8 Å².